The van der Waals surface area contributed by atoms with E-state index in [-0.39, 0.29) is 5.69 Å². The molecule has 27 heavy (non-hydrogen) atoms. The van der Waals surface area contributed by atoms with Crippen molar-refractivity contribution < 1.29 is 14.4 Å². The van der Waals surface area contributed by atoms with Gasteiger partial charge in [0.1, 0.15) is 5.75 Å². The highest BCUT2D eigenvalue weighted by molar-refractivity contribution is 5.46. The number of nitrogens with zero attached hydrogens (tertiary/aromatic N) is 2. The minimum Gasteiger partial charge on any atom is -0.494 e. The van der Waals surface area contributed by atoms with Crippen molar-refractivity contribution in [1.29, 1.82) is 0 Å². The topological polar surface area (TPSA) is 64.8 Å². The SMILES string of the molecule is O=[N+]([O-])c1ccc(C#Cc2ccc(OCCCN3CCOCC3)cc2)cc1. The van der Waals surface area contributed by atoms with Gasteiger partial charge in [-0.15, -0.1) is 0 Å². The van der Waals surface area contributed by atoms with Gasteiger partial charge in [0, 0.05) is 42.9 Å². The van der Waals surface area contributed by atoms with Gasteiger partial charge in [-0.05, 0) is 42.8 Å². The summed E-state index contributed by atoms with van der Waals surface area (Å²) in [6, 6.07) is 13.9. The van der Waals surface area contributed by atoms with Crippen LogP contribution >= 0.6 is 0 Å². The van der Waals surface area contributed by atoms with Gasteiger partial charge in [-0.2, -0.15) is 0 Å². The minimum absolute atomic E-state index is 0.0654. The van der Waals surface area contributed by atoms with Crippen molar-refractivity contribution >= 4 is 5.69 Å². The monoisotopic (exact) mass is 366 g/mol. The van der Waals surface area contributed by atoms with Crippen LogP contribution < -0.4 is 4.74 Å². The summed E-state index contributed by atoms with van der Waals surface area (Å²) in [6.07, 6.45) is 0.988. The summed E-state index contributed by atoms with van der Waals surface area (Å²) in [7, 11) is 0. The van der Waals surface area contributed by atoms with Crippen LogP contribution in [0.15, 0.2) is 48.5 Å². The van der Waals surface area contributed by atoms with Crippen molar-refractivity contribution in [2.24, 2.45) is 0 Å². The number of hydrogen-bond donors (Lipinski definition) is 0. The Bertz CT molecular complexity index is 801. The summed E-state index contributed by atoms with van der Waals surface area (Å²) >= 11 is 0. The Balaban J connectivity index is 1.45. The number of ether oxygens (including phenoxy) is 2. The van der Waals surface area contributed by atoms with Gasteiger partial charge >= 0.3 is 0 Å². The first kappa shape index (κ1) is 18.9. The van der Waals surface area contributed by atoms with Crippen LogP contribution in [0, 0.1) is 22.0 Å². The van der Waals surface area contributed by atoms with Gasteiger partial charge in [0.05, 0.1) is 24.7 Å². The van der Waals surface area contributed by atoms with Crippen LogP contribution in [0.1, 0.15) is 17.5 Å². The average Bonchev–Trinajstić information content (AvgIpc) is 2.71. The second kappa shape index (κ2) is 9.72. The molecule has 0 aliphatic carbocycles. The number of nitro groups is 1. The molecule has 3 rings (SSSR count). The molecule has 0 bridgehead atoms. The van der Waals surface area contributed by atoms with Crippen LogP contribution in [0.5, 0.6) is 5.75 Å². The van der Waals surface area contributed by atoms with E-state index in [0.717, 1.165) is 56.1 Å². The van der Waals surface area contributed by atoms with Crippen LogP contribution in [0.2, 0.25) is 0 Å². The van der Waals surface area contributed by atoms with E-state index >= 15 is 0 Å². The van der Waals surface area contributed by atoms with E-state index in [1.54, 1.807) is 12.1 Å². The van der Waals surface area contributed by atoms with Crippen LogP contribution in [-0.2, 0) is 4.74 Å². The quantitative estimate of drug-likeness (QED) is 0.340. The van der Waals surface area contributed by atoms with Gasteiger partial charge in [0.25, 0.3) is 5.69 Å². The fourth-order valence-corrected chi connectivity index (χ4v) is 2.75. The van der Waals surface area contributed by atoms with Crippen molar-refractivity contribution in [3.05, 3.63) is 69.8 Å². The zero-order valence-electron chi connectivity index (χ0n) is 15.1. The van der Waals surface area contributed by atoms with E-state index in [2.05, 4.69) is 16.7 Å². The van der Waals surface area contributed by atoms with Gasteiger partial charge in [-0.3, -0.25) is 15.0 Å². The highest BCUT2D eigenvalue weighted by atomic mass is 16.6. The van der Waals surface area contributed by atoms with Gasteiger partial charge < -0.3 is 9.47 Å². The number of rotatable bonds is 6. The largest absolute Gasteiger partial charge is 0.494 e. The first-order valence-electron chi connectivity index (χ1n) is 9.00. The molecule has 1 aliphatic rings. The molecule has 1 aliphatic heterocycles. The molecule has 0 spiro atoms. The molecule has 0 N–H and O–H groups in total. The molecule has 2 aromatic carbocycles. The van der Waals surface area contributed by atoms with Crippen molar-refractivity contribution in [3.63, 3.8) is 0 Å². The molecule has 1 fully saturated rings. The van der Waals surface area contributed by atoms with Crippen molar-refractivity contribution in [2.75, 3.05) is 39.5 Å². The molecule has 6 nitrogen and oxygen atoms in total. The third kappa shape index (κ3) is 6.10. The summed E-state index contributed by atoms with van der Waals surface area (Å²) in [5.74, 6) is 6.89. The second-order valence-electron chi connectivity index (χ2n) is 6.23. The Morgan fingerprint density at radius 2 is 1.59 bits per heavy atom. The Morgan fingerprint density at radius 1 is 1.00 bits per heavy atom. The lowest BCUT2D eigenvalue weighted by Gasteiger charge is -2.26. The smallest absolute Gasteiger partial charge is 0.269 e. The molecular weight excluding hydrogens is 344 g/mol. The van der Waals surface area contributed by atoms with Gasteiger partial charge in [0.15, 0.2) is 0 Å². The lowest BCUT2D eigenvalue weighted by atomic mass is 10.1. The van der Waals surface area contributed by atoms with Crippen LogP contribution in [0.3, 0.4) is 0 Å². The lowest BCUT2D eigenvalue weighted by molar-refractivity contribution is -0.384. The Labute approximate surface area is 158 Å². The fourth-order valence-electron chi connectivity index (χ4n) is 2.75. The maximum absolute atomic E-state index is 10.6. The maximum Gasteiger partial charge on any atom is 0.269 e. The second-order valence-corrected chi connectivity index (χ2v) is 6.23. The predicted molar refractivity (Wildman–Crippen MR) is 103 cm³/mol. The van der Waals surface area contributed by atoms with E-state index in [4.69, 9.17) is 9.47 Å². The van der Waals surface area contributed by atoms with E-state index < -0.39 is 4.92 Å². The molecule has 0 radical (unpaired) electrons. The normalized spacial score (nSPS) is 14.2. The minimum atomic E-state index is -0.420. The van der Waals surface area contributed by atoms with Crippen LogP contribution in [-0.4, -0.2) is 49.3 Å². The third-order valence-electron chi connectivity index (χ3n) is 4.27. The fraction of sp³-hybridized carbons (Fsp3) is 0.333. The summed E-state index contributed by atoms with van der Waals surface area (Å²) in [6.45, 7) is 5.37. The number of nitro benzene ring substituents is 1. The maximum atomic E-state index is 10.6. The van der Waals surface area contributed by atoms with Gasteiger partial charge in [-0.1, -0.05) is 11.8 Å². The molecule has 1 saturated heterocycles. The zero-order valence-corrected chi connectivity index (χ0v) is 15.1. The Kier molecular flexibility index (Phi) is 6.80. The summed E-state index contributed by atoms with van der Waals surface area (Å²) in [4.78, 5) is 12.6. The summed E-state index contributed by atoms with van der Waals surface area (Å²) in [5.41, 5.74) is 1.67. The van der Waals surface area contributed by atoms with Crippen LogP contribution in [0.25, 0.3) is 0 Å². The standard InChI is InChI=1S/C21H22N2O4/c24-23(25)20-8-4-18(5-9-20)2-3-19-6-10-21(11-7-19)27-15-1-12-22-13-16-26-17-14-22/h4-11H,1,12-17H2. The molecule has 1 heterocycles. The number of benzene rings is 2. The Hall–Kier alpha value is -2.88. The summed E-state index contributed by atoms with van der Waals surface area (Å²) < 4.78 is 11.1. The van der Waals surface area contributed by atoms with Crippen molar-refractivity contribution in [3.8, 4) is 17.6 Å². The third-order valence-corrected chi connectivity index (χ3v) is 4.27. The molecular formula is C21H22N2O4. The van der Waals surface area contributed by atoms with E-state index in [0.29, 0.717) is 6.61 Å². The molecule has 0 atom stereocenters. The molecule has 0 unspecified atom stereocenters. The summed E-state index contributed by atoms with van der Waals surface area (Å²) in [5, 5.41) is 10.6. The molecule has 0 aromatic heterocycles. The lowest BCUT2D eigenvalue weighted by Crippen LogP contribution is -2.37. The number of morpholine rings is 1. The molecule has 0 amide bonds. The highest BCUT2D eigenvalue weighted by Crippen LogP contribution is 2.13. The van der Waals surface area contributed by atoms with E-state index in [1.165, 1.54) is 12.1 Å². The average molecular weight is 366 g/mol. The first-order valence-corrected chi connectivity index (χ1v) is 9.00. The number of hydrogen-bond acceptors (Lipinski definition) is 5. The zero-order chi connectivity index (χ0) is 18.9. The van der Waals surface area contributed by atoms with E-state index in [1.807, 2.05) is 24.3 Å². The molecule has 6 heteroatoms. The van der Waals surface area contributed by atoms with Gasteiger partial charge in [0.2, 0.25) is 0 Å². The Morgan fingerprint density at radius 3 is 2.19 bits per heavy atom. The van der Waals surface area contributed by atoms with Gasteiger partial charge in [-0.25, -0.2) is 0 Å². The molecule has 0 saturated carbocycles. The molecule has 2 aromatic rings. The van der Waals surface area contributed by atoms with Crippen LogP contribution in [0.4, 0.5) is 5.69 Å². The highest BCUT2D eigenvalue weighted by Gasteiger charge is 2.09. The first-order chi connectivity index (χ1) is 13.2. The molecule has 140 valence electrons. The number of non-ortho nitro benzene ring substituents is 1. The van der Waals surface area contributed by atoms with Crippen molar-refractivity contribution in [2.45, 2.75) is 6.42 Å². The van der Waals surface area contributed by atoms with Crippen molar-refractivity contribution in [1.82, 2.24) is 4.90 Å². The predicted octanol–water partition coefficient (Wildman–Crippen LogP) is 3.10. The van der Waals surface area contributed by atoms with E-state index in [9.17, 15) is 10.1 Å².